The molecule has 9 heteroatoms. The van der Waals surface area contributed by atoms with Gasteiger partial charge in [0.05, 0.1) is 37.7 Å². The molecule has 2 aromatic heterocycles. The average molecular weight is 444 g/mol. The van der Waals surface area contributed by atoms with E-state index in [4.69, 9.17) is 9.47 Å². The predicted molar refractivity (Wildman–Crippen MR) is 123 cm³/mol. The molecule has 0 atom stereocenters. The molecule has 2 fully saturated rings. The molecule has 0 bridgehead atoms. The van der Waals surface area contributed by atoms with E-state index in [1.807, 2.05) is 40.0 Å². The summed E-state index contributed by atoms with van der Waals surface area (Å²) in [6.07, 6.45) is 5.96. The highest BCUT2D eigenvalue weighted by Gasteiger charge is 2.58. The molecule has 33 heavy (non-hydrogen) atoms. The first kappa shape index (κ1) is 21.0. The summed E-state index contributed by atoms with van der Waals surface area (Å²) in [5.41, 5.74) is 1.81. The van der Waals surface area contributed by atoms with Crippen LogP contribution in [0.5, 0.6) is 5.75 Å². The molecule has 1 aromatic carbocycles. The van der Waals surface area contributed by atoms with Crippen LogP contribution in [0.25, 0.3) is 10.9 Å². The Bertz CT molecular complexity index is 1300. The highest BCUT2D eigenvalue weighted by molar-refractivity contribution is 6.11. The van der Waals surface area contributed by atoms with Crippen molar-refractivity contribution >= 4 is 28.2 Å². The van der Waals surface area contributed by atoms with Gasteiger partial charge in [-0.2, -0.15) is 10.4 Å². The van der Waals surface area contributed by atoms with E-state index in [1.54, 1.807) is 18.1 Å². The van der Waals surface area contributed by atoms with Crippen molar-refractivity contribution in [1.82, 2.24) is 14.8 Å². The molecule has 1 aliphatic carbocycles. The number of aromatic nitrogens is 3. The number of hydrogen-bond acceptors (Lipinski definition) is 7. The Morgan fingerprint density at radius 1 is 1.24 bits per heavy atom. The second-order valence-electron chi connectivity index (χ2n) is 8.26. The fourth-order valence-corrected chi connectivity index (χ4v) is 4.68. The predicted octanol–water partition coefficient (Wildman–Crippen LogP) is 3.21. The van der Waals surface area contributed by atoms with Gasteiger partial charge in [0.1, 0.15) is 17.4 Å². The van der Waals surface area contributed by atoms with E-state index in [0.29, 0.717) is 30.4 Å². The van der Waals surface area contributed by atoms with Crippen LogP contribution in [0.2, 0.25) is 0 Å². The number of fused-ring (bicyclic) bond motifs is 1. The van der Waals surface area contributed by atoms with Crippen molar-refractivity contribution in [2.24, 2.45) is 0 Å². The lowest BCUT2D eigenvalue weighted by Gasteiger charge is -2.43. The third-order valence-corrected chi connectivity index (χ3v) is 6.47. The number of rotatable bonds is 6. The van der Waals surface area contributed by atoms with Crippen LogP contribution in [0.4, 0.5) is 11.4 Å². The Morgan fingerprint density at radius 2 is 2.06 bits per heavy atom. The molecule has 1 saturated heterocycles. The normalized spacial score (nSPS) is 17.0. The minimum Gasteiger partial charge on any atom is -0.494 e. The van der Waals surface area contributed by atoms with Crippen molar-refractivity contribution in [3.8, 4) is 11.8 Å². The van der Waals surface area contributed by atoms with Gasteiger partial charge in [0, 0.05) is 30.4 Å². The van der Waals surface area contributed by atoms with Crippen LogP contribution in [0.15, 0.2) is 49.1 Å². The molecule has 5 rings (SSSR count). The Labute approximate surface area is 191 Å². The van der Waals surface area contributed by atoms with Crippen LogP contribution >= 0.6 is 0 Å². The lowest BCUT2D eigenvalue weighted by Crippen LogP contribution is -2.54. The Kier molecular flexibility index (Phi) is 5.02. The van der Waals surface area contributed by atoms with Crippen LogP contribution in [-0.4, -0.2) is 47.0 Å². The molecule has 1 aliphatic heterocycles. The Hall–Kier alpha value is -3.90. The van der Waals surface area contributed by atoms with Gasteiger partial charge in [0.25, 0.3) is 5.91 Å². The standard InChI is InChI=1S/C24H24N6O3/c1-16-29(19-12-22(33-3)21(13-25)26-14-19)23(31)24(7-4-8-24)30(16)18-5-6-20-17(11-18)15-28(27-20)9-10-32-2/h5-6,11-12,14-15H,1,4,7-10H2,2-3H3. The Balaban J connectivity index is 1.55. The average Bonchev–Trinajstić information content (AvgIpc) is 3.31. The molecule has 9 nitrogen and oxygen atoms in total. The number of nitriles is 1. The molecular formula is C24H24N6O3. The molecule has 3 heterocycles. The molecule has 1 amide bonds. The van der Waals surface area contributed by atoms with Crippen LogP contribution in [0, 0.1) is 11.3 Å². The number of amides is 1. The SMILES string of the molecule is C=C1N(c2cnc(C#N)c(OC)c2)C(=O)C2(CCC2)N1c1ccc2nn(CCOC)cc2c1. The third-order valence-electron chi connectivity index (χ3n) is 6.47. The second kappa shape index (κ2) is 7.90. The van der Waals surface area contributed by atoms with E-state index in [-0.39, 0.29) is 11.6 Å². The number of hydrogen-bond donors (Lipinski definition) is 0. The number of ether oxygens (including phenoxy) is 2. The van der Waals surface area contributed by atoms with E-state index in [9.17, 15) is 10.1 Å². The maximum atomic E-state index is 13.7. The number of benzene rings is 1. The van der Waals surface area contributed by atoms with Crippen molar-refractivity contribution in [3.63, 3.8) is 0 Å². The number of anilines is 2. The van der Waals surface area contributed by atoms with E-state index in [1.165, 1.54) is 13.3 Å². The van der Waals surface area contributed by atoms with E-state index >= 15 is 0 Å². The van der Waals surface area contributed by atoms with Gasteiger partial charge in [0.2, 0.25) is 0 Å². The number of methoxy groups -OCH3 is 2. The van der Waals surface area contributed by atoms with Gasteiger partial charge in [-0.3, -0.25) is 14.4 Å². The monoisotopic (exact) mass is 444 g/mol. The second-order valence-corrected chi connectivity index (χ2v) is 8.26. The van der Waals surface area contributed by atoms with E-state index in [2.05, 4.69) is 16.7 Å². The maximum Gasteiger partial charge on any atom is 0.259 e. The summed E-state index contributed by atoms with van der Waals surface area (Å²) < 4.78 is 12.3. The van der Waals surface area contributed by atoms with Gasteiger partial charge in [0.15, 0.2) is 11.4 Å². The van der Waals surface area contributed by atoms with Crippen molar-refractivity contribution < 1.29 is 14.3 Å². The Morgan fingerprint density at radius 3 is 2.73 bits per heavy atom. The third kappa shape index (κ3) is 3.14. The zero-order chi connectivity index (χ0) is 23.2. The molecule has 0 radical (unpaired) electrons. The maximum absolute atomic E-state index is 13.7. The number of nitrogens with zero attached hydrogens (tertiary/aromatic N) is 6. The fourth-order valence-electron chi connectivity index (χ4n) is 4.68. The fraction of sp³-hybridized carbons (Fsp3) is 0.333. The highest BCUT2D eigenvalue weighted by atomic mass is 16.5. The zero-order valence-corrected chi connectivity index (χ0v) is 18.6. The van der Waals surface area contributed by atoms with Crippen molar-refractivity contribution in [2.45, 2.75) is 31.3 Å². The van der Waals surface area contributed by atoms with E-state index in [0.717, 1.165) is 35.9 Å². The summed E-state index contributed by atoms with van der Waals surface area (Å²) in [5.74, 6) is 0.837. The van der Waals surface area contributed by atoms with Gasteiger partial charge >= 0.3 is 0 Å². The lowest BCUT2D eigenvalue weighted by molar-refractivity contribution is -0.123. The van der Waals surface area contributed by atoms with Crippen molar-refractivity contribution in [1.29, 1.82) is 5.26 Å². The topological polar surface area (TPSA) is 96.5 Å². The molecule has 1 spiro atoms. The smallest absolute Gasteiger partial charge is 0.259 e. The molecule has 0 N–H and O–H groups in total. The lowest BCUT2D eigenvalue weighted by atomic mass is 9.75. The molecule has 0 unspecified atom stereocenters. The van der Waals surface area contributed by atoms with Gasteiger partial charge in [-0.15, -0.1) is 0 Å². The summed E-state index contributed by atoms with van der Waals surface area (Å²) >= 11 is 0. The number of carbonyl (C=O) groups excluding carboxylic acids is 1. The number of pyridine rings is 1. The van der Waals surface area contributed by atoms with Gasteiger partial charge in [-0.1, -0.05) is 6.58 Å². The molecule has 168 valence electrons. The van der Waals surface area contributed by atoms with Gasteiger partial charge < -0.3 is 14.4 Å². The molecule has 2 aliphatic rings. The minimum absolute atomic E-state index is 0.0387. The first-order valence-corrected chi connectivity index (χ1v) is 10.8. The summed E-state index contributed by atoms with van der Waals surface area (Å²) in [7, 11) is 3.14. The molecule has 1 saturated carbocycles. The summed E-state index contributed by atoms with van der Waals surface area (Å²) in [6, 6.07) is 9.66. The first-order chi connectivity index (χ1) is 16.0. The van der Waals surface area contributed by atoms with Crippen molar-refractivity contribution in [2.75, 3.05) is 30.6 Å². The summed E-state index contributed by atoms with van der Waals surface area (Å²) in [4.78, 5) is 21.5. The quantitative estimate of drug-likeness (QED) is 0.576. The van der Waals surface area contributed by atoms with Gasteiger partial charge in [-0.05, 0) is 37.5 Å². The number of carbonyl (C=O) groups is 1. The van der Waals surface area contributed by atoms with E-state index < -0.39 is 5.54 Å². The zero-order valence-electron chi connectivity index (χ0n) is 18.6. The highest BCUT2D eigenvalue weighted by Crippen LogP contribution is 2.50. The largest absolute Gasteiger partial charge is 0.494 e. The first-order valence-electron chi connectivity index (χ1n) is 10.8. The van der Waals surface area contributed by atoms with Crippen LogP contribution < -0.4 is 14.5 Å². The summed E-state index contributed by atoms with van der Waals surface area (Å²) in [5, 5.41) is 14.8. The molecule has 3 aromatic rings. The van der Waals surface area contributed by atoms with Gasteiger partial charge in [-0.25, -0.2) is 4.98 Å². The molecular weight excluding hydrogens is 420 g/mol. The van der Waals surface area contributed by atoms with Crippen LogP contribution in [0.1, 0.15) is 25.0 Å². The summed E-state index contributed by atoms with van der Waals surface area (Å²) in [6.45, 7) is 5.53. The van der Waals surface area contributed by atoms with Crippen LogP contribution in [0.3, 0.4) is 0 Å². The minimum atomic E-state index is -0.669. The van der Waals surface area contributed by atoms with Crippen molar-refractivity contribution in [3.05, 3.63) is 54.8 Å². The van der Waals surface area contributed by atoms with Crippen LogP contribution in [-0.2, 0) is 16.1 Å².